The fraction of sp³-hybridized carbons (Fsp3) is 0.615. The van der Waals surface area contributed by atoms with Crippen molar-refractivity contribution in [1.82, 2.24) is 4.90 Å². The van der Waals surface area contributed by atoms with Crippen LogP contribution in [0.1, 0.15) is 86.6 Å². The molecule has 4 rings (SSSR count). The molecule has 1 saturated heterocycles. The fourth-order valence-corrected chi connectivity index (χ4v) is 5.49. The van der Waals surface area contributed by atoms with Gasteiger partial charge in [-0.1, -0.05) is 19.1 Å². The highest BCUT2D eigenvalue weighted by atomic mass is 19.1. The summed E-state index contributed by atoms with van der Waals surface area (Å²) in [6.45, 7) is 7.32. The summed E-state index contributed by atoms with van der Waals surface area (Å²) in [5.41, 5.74) is 2.18. The average molecular weight is 444 g/mol. The monoisotopic (exact) mass is 443 g/mol. The Morgan fingerprint density at radius 1 is 1.25 bits per heavy atom. The van der Waals surface area contributed by atoms with Gasteiger partial charge in [0.2, 0.25) is 0 Å². The van der Waals surface area contributed by atoms with Crippen LogP contribution in [0.5, 0.6) is 5.75 Å². The molecule has 6 heteroatoms. The lowest BCUT2D eigenvalue weighted by Gasteiger charge is -2.28. The number of halogens is 1. The van der Waals surface area contributed by atoms with E-state index in [4.69, 9.17) is 4.74 Å². The van der Waals surface area contributed by atoms with Gasteiger partial charge in [-0.25, -0.2) is 9.18 Å². The minimum Gasteiger partial charge on any atom is -0.493 e. The molecule has 32 heavy (non-hydrogen) atoms. The van der Waals surface area contributed by atoms with Gasteiger partial charge in [-0.3, -0.25) is 4.79 Å². The van der Waals surface area contributed by atoms with Crippen molar-refractivity contribution in [2.24, 2.45) is 11.8 Å². The molecular formula is C26H34FNO4. The Balaban J connectivity index is 1.41. The molecule has 2 unspecified atom stereocenters. The van der Waals surface area contributed by atoms with Crippen LogP contribution in [0, 0.1) is 17.7 Å². The largest absolute Gasteiger partial charge is 0.493 e. The van der Waals surface area contributed by atoms with E-state index in [9.17, 15) is 19.1 Å². The number of carboxylic acids is 1. The molecule has 1 aromatic rings. The van der Waals surface area contributed by atoms with E-state index in [1.807, 2.05) is 0 Å². The van der Waals surface area contributed by atoms with Crippen molar-refractivity contribution in [2.45, 2.75) is 76.7 Å². The molecule has 0 radical (unpaired) electrons. The molecule has 0 bridgehead atoms. The Morgan fingerprint density at radius 3 is 2.72 bits per heavy atom. The number of nitrogens with zero attached hydrogens (tertiary/aromatic N) is 1. The van der Waals surface area contributed by atoms with Gasteiger partial charge in [-0.2, -0.15) is 0 Å². The number of carboxylic acid groups (broad SMARTS) is 1. The lowest BCUT2D eigenvalue weighted by Crippen LogP contribution is -2.40. The lowest BCUT2D eigenvalue weighted by atomic mass is 9.78. The number of hydrogen-bond acceptors (Lipinski definition) is 3. The van der Waals surface area contributed by atoms with Crippen molar-refractivity contribution in [2.75, 3.05) is 13.2 Å². The summed E-state index contributed by atoms with van der Waals surface area (Å²) in [5, 5.41) is 9.38. The molecule has 3 atom stereocenters. The quantitative estimate of drug-likeness (QED) is 0.423. The number of amides is 1. The molecule has 1 aromatic carbocycles. The molecule has 1 amide bonds. The zero-order chi connectivity index (χ0) is 22.8. The normalized spacial score (nSPS) is 25.8. The van der Waals surface area contributed by atoms with E-state index in [0.717, 1.165) is 44.1 Å². The topological polar surface area (TPSA) is 66.8 Å². The van der Waals surface area contributed by atoms with Crippen LogP contribution in [-0.2, 0) is 4.79 Å². The maximum atomic E-state index is 14.9. The number of benzene rings is 1. The Morgan fingerprint density at radius 2 is 2.03 bits per heavy atom. The van der Waals surface area contributed by atoms with Gasteiger partial charge < -0.3 is 14.7 Å². The van der Waals surface area contributed by atoms with Gasteiger partial charge in [0.25, 0.3) is 5.91 Å². The molecule has 2 saturated carbocycles. The van der Waals surface area contributed by atoms with Crippen LogP contribution in [-0.4, -0.2) is 41.1 Å². The minimum atomic E-state index is -1.03. The van der Waals surface area contributed by atoms with Crippen molar-refractivity contribution in [1.29, 1.82) is 0 Å². The van der Waals surface area contributed by atoms with Crippen LogP contribution < -0.4 is 4.74 Å². The van der Waals surface area contributed by atoms with Gasteiger partial charge in [-0.15, -0.1) is 0 Å². The first-order chi connectivity index (χ1) is 15.3. The van der Waals surface area contributed by atoms with E-state index in [1.54, 1.807) is 6.07 Å². The van der Waals surface area contributed by atoms with Crippen LogP contribution in [0.2, 0.25) is 0 Å². The van der Waals surface area contributed by atoms with Gasteiger partial charge >= 0.3 is 5.97 Å². The maximum absolute atomic E-state index is 14.9. The fourth-order valence-electron chi connectivity index (χ4n) is 5.49. The Bertz CT molecular complexity index is 894. The second-order valence-corrected chi connectivity index (χ2v) is 9.99. The third-order valence-electron chi connectivity index (χ3n) is 7.11. The molecule has 0 spiro atoms. The third kappa shape index (κ3) is 5.16. The zero-order valence-corrected chi connectivity index (χ0v) is 18.9. The van der Waals surface area contributed by atoms with Crippen LogP contribution in [0.4, 0.5) is 4.39 Å². The van der Waals surface area contributed by atoms with E-state index in [1.165, 1.54) is 23.0 Å². The first-order valence-corrected chi connectivity index (χ1v) is 12.0. The van der Waals surface area contributed by atoms with Crippen LogP contribution in [0.25, 0.3) is 0 Å². The van der Waals surface area contributed by atoms with Gasteiger partial charge in [0.1, 0.15) is 17.6 Å². The molecule has 3 aliphatic rings. The summed E-state index contributed by atoms with van der Waals surface area (Å²) in [7, 11) is 0. The van der Waals surface area contributed by atoms with Crippen LogP contribution in [0.15, 0.2) is 24.3 Å². The van der Waals surface area contributed by atoms with Crippen LogP contribution >= 0.6 is 0 Å². The molecule has 1 N–H and O–H groups in total. The van der Waals surface area contributed by atoms with Crippen molar-refractivity contribution in [3.8, 4) is 5.75 Å². The van der Waals surface area contributed by atoms with E-state index >= 15 is 0 Å². The number of aliphatic carboxylic acids is 1. The average Bonchev–Trinajstić information content (AvgIpc) is 3.45. The molecule has 1 heterocycles. The standard InChI is InChI=1S/C26H34FNO4/c1-16-11-17(2)13-18(12-16)5-4-10-32-24-15-22(27)21(14-20(24)19-7-8-19)25(29)28-9-3-6-23(28)26(30)31/h14-15,17-19,23H,1,3-13H2,2H3,(H,30,31)/t17?,18?,23-/m0/s1. The number of allylic oxidation sites excluding steroid dienone is 1. The number of rotatable bonds is 8. The van der Waals surface area contributed by atoms with Crippen LogP contribution in [0.3, 0.4) is 0 Å². The van der Waals surface area contributed by atoms with Crippen molar-refractivity contribution >= 4 is 11.9 Å². The zero-order valence-electron chi connectivity index (χ0n) is 18.9. The molecule has 5 nitrogen and oxygen atoms in total. The van der Waals surface area contributed by atoms with Gasteiger partial charge in [0, 0.05) is 12.6 Å². The minimum absolute atomic E-state index is 0.0397. The number of ether oxygens (including phenoxy) is 1. The smallest absolute Gasteiger partial charge is 0.326 e. The predicted molar refractivity (Wildman–Crippen MR) is 120 cm³/mol. The molecule has 3 fully saturated rings. The second kappa shape index (κ2) is 9.63. The molecule has 1 aliphatic heterocycles. The summed E-state index contributed by atoms with van der Waals surface area (Å²) in [4.78, 5) is 25.7. The van der Waals surface area contributed by atoms with Gasteiger partial charge in [0.05, 0.1) is 12.2 Å². The summed E-state index contributed by atoms with van der Waals surface area (Å²) in [6, 6.07) is 2.06. The number of carbonyl (C=O) groups is 2. The number of carbonyl (C=O) groups excluding carboxylic acids is 1. The summed E-state index contributed by atoms with van der Waals surface area (Å²) in [6.07, 6.45) is 8.46. The highest BCUT2D eigenvalue weighted by Gasteiger charge is 2.37. The summed E-state index contributed by atoms with van der Waals surface area (Å²) >= 11 is 0. The molecule has 0 aromatic heterocycles. The Kier molecular flexibility index (Phi) is 6.87. The predicted octanol–water partition coefficient (Wildman–Crippen LogP) is 5.54. The van der Waals surface area contributed by atoms with Gasteiger partial charge in [-0.05, 0) is 87.2 Å². The van der Waals surface area contributed by atoms with Crippen molar-refractivity contribution in [3.05, 3.63) is 41.2 Å². The number of hydrogen-bond donors (Lipinski definition) is 1. The molecular weight excluding hydrogens is 409 g/mol. The van der Waals surface area contributed by atoms with E-state index < -0.39 is 23.7 Å². The third-order valence-corrected chi connectivity index (χ3v) is 7.11. The van der Waals surface area contributed by atoms with E-state index in [-0.39, 0.29) is 11.5 Å². The number of likely N-dealkylation sites (tertiary alicyclic amines) is 1. The highest BCUT2D eigenvalue weighted by molar-refractivity contribution is 5.97. The first kappa shape index (κ1) is 22.8. The Labute approximate surface area is 189 Å². The van der Waals surface area contributed by atoms with Crippen molar-refractivity contribution < 1.29 is 23.8 Å². The van der Waals surface area contributed by atoms with E-state index in [2.05, 4.69) is 13.5 Å². The molecule has 174 valence electrons. The van der Waals surface area contributed by atoms with E-state index in [0.29, 0.717) is 43.6 Å². The molecule has 2 aliphatic carbocycles. The maximum Gasteiger partial charge on any atom is 0.326 e. The van der Waals surface area contributed by atoms with Crippen molar-refractivity contribution in [3.63, 3.8) is 0 Å². The second-order valence-electron chi connectivity index (χ2n) is 9.99. The SMILES string of the molecule is C=C1CC(C)CC(CCCOc2cc(F)c(C(=O)N3CCC[C@H]3C(=O)O)cc2C2CC2)C1. The first-order valence-electron chi connectivity index (χ1n) is 12.0. The Hall–Kier alpha value is -2.37. The summed E-state index contributed by atoms with van der Waals surface area (Å²) < 4.78 is 20.9. The van der Waals surface area contributed by atoms with Gasteiger partial charge in [0.15, 0.2) is 0 Å². The highest BCUT2D eigenvalue weighted by Crippen LogP contribution is 2.45. The lowest BCUT2D eigenvalue weighted by molar-refractivity contribution is -0.141. The summed E-state index contributed by atoms with van der Waals surface area (Å²) in [5.74, 6) is -0.0473.